The zero-order valence-corrected chi connectivity index (χ0v) is 19.0. The van der Waals surface area contributed by atoms with Crippen molar-refractivity contribution < 1.29 is 23.6 Å². The van der Waals surface area contributed by atoms with E-state index in [1.54, 1.807) is 30.3 Å². The zero-order valence-electron chi connectivity index (χ0n) is 18.2. The lowest BCUT2D eigenvalue weighted by atomic mass is 10.1. The highest BCUT2D eigenvalue weighted by molar-refractivity contribution is 7.00. The summed E-state index contributed by atoms with van der Waals surface area (Å²) in [5.74, 6) is -2.63. The Morgan fingerprint density at radius 3 is 2.23 bits per heavy atom. The molecule has 2 heterocycles. The third-order valence-electron chi connectivity index (χ3n) is 5.69. The number of fused-ring (bicyclic) bond motifs is 2. The molecule has 1 aliphatic heterocycles. The first-order valence-corrected chi connectivity index (χ1v) is 11.4. The second-order valence-corrected chi connectivity index (χ2v) is 8.46. The third kappa shape index (κ3) is 4.31. The molecule has 35 heavy (non-hydrogen) atoms. The molecular weight excluding hydrogens is 471 g/mol. The van der Waals surface area contributed by atoms with E-state index in [9.17, 15) is 23.6 Å². The van der Waals surface area contributed by atoms with Gasteiger partial charge in [-0.1, -0.05) is 18.2 Å². The maximum absolute atomic E-state index is 13.4. The van der Waals surface area contributed by atoms with Gasteiger partial charge in [0.15, 0.2) is 5.78 Å². The minimum Gasteiger partial charge on any atom is -0.294 e. The smallest absolute Gasteiger partial charge is 0.280 e. The summed E-state index contributed by atoms with van der Waals surface area (Å²) in [7, 11) is 0. The molecule has 1 aliphatic rings. The Morgan fingerprint density at radius 1 is 0.886 bits per heavy atom. The average Bonchev–Trinajstić information content (AvgIpc) is 3.43. The fraction of sp³-hybridized carbons (Fsp3) is 0.120. The fourth-order valence-corrected chi connectivity index (χ4v) is 4.44. The molecule has 1 aromatic heterocycles. The first-order chi connectivity index (χ1) is 16.9. The second kappa shape index (κ2) is 9.15. The van der Waals surface area contributed by atoms with Crippen molar-refractivity contribution >= 4 is 46.3 Å². The number of hydrogen-bond donors (Lipinski definition) is 0. The van der Waals surface area contributed by atoms with Crippen LogP contribution in [0, 0.1) is 5.82 Å². The predicted octanol–water partition coefficient (Wildman–Crippen LogP) is 3.69. The van der Waals surface area contributed by atoms with Crippen LogP contribution in [0.5, 0.6) is 0 Å². The van der Waals surface area contributed by atoms with E-state index in [1.165, 1.54) is 36.4 Å². The van der Waals surface area contributed by atoms with Crippen LogP contribution in [0.15, 0.2) is 66.7 Å². The highest BCUT2D eigenvalue weighted by Gasteiger charge is 2.41. The van der Waals surface area contributed by atoms with Gasteiger partial charge in [0.1, 0.15) is 16.9 Å². The number of ketones is 1. The van der Waals surface area contributed by atoms with Gasteiger partial charge in [-0.3, -0.25) is 19.2 Å². The van der Waals surface area contributed by atoms with Crippen molar-refractivity contribution in [3.05, 3.63) is 94.8 Å². The van der Waals surface area contributed by atoms with E-state index in [2.05, 4.69) is 8.75 Å². The highest BCUT2D eigenvalue weighted by Crippen LogP contribution is 2.25. The van der Waals surface area contributed by atoms with Crippen molar-refractivity contribution in [2.24, 2.45) is 0 Å². The van der Waals surface area contributed by atoms with E-state index >= 15 is 0 Å². The molecule has 0 N–H and O–H groups in total. The summed E-state index contributed by atoms with van der Waals surface area (Å²) in [6, 6.07) is 16.5. The Hall–Kier alpha value is -4.31. The molecule has 3 aromatic carbocycles. The lowest BCUT2D eigenvalue weighted by Gasteiger charge is -2.30. The van der Waals surface area contributed by atoms with Crippen LogP contribution in [0.25, 0.3) is 11.0 Å². The molecule has 0 bridgehead atoms. The van der Waals surface area contributed by atoms with Crippen LogP contribution in [-0.2, 0) is 11.2 Å². The summed E-state index contributed by atoms with van der Waals surface area (Å²) in [5.41, 5.74) is 2.61. The topological polar surface area (TPSA) is 101 Å². The molecule has 174 valence electrons. The molecule has 10 heteroatoms. The van der Waals surface area contributed by atoms with Crippen molar-refractivity contribution in [3.8, 4) is 0 Å². The SMILES string of the molecule is O=C(CCN(C(=O)Cc1ccc2nsnc2c1)N1C(=O)c2ccccc2C1=O)c1ccc(F)cc1. The summed E-state index contributed by atoms with van der Waals surface area (Å²) in [6.07, 6.45) is -0.286. The maximum Gasteiger partial charge on any atom is 0.280 e. The predicted molar refractivity (Wildman–Crippen MR) is 125 cm³/mol. The Bertz CT molecular complexity index is 1450. The van der Waals surface area contributed by atoms with Gasteiger partial charge in [-0.2, -0.15) is 13.8 Å². The van der Waals surface area contributed by atoms with E-state index in [0.29, 0.717) is 16.6 Å². The third-order valence-corrected chi connectivity index (χ3v) is 6.25. The number of carbonyl (C=O) groups is 4. The maximum atomic E-state index is 13.4. The van der Waals surface area contributed by atoms with Crippen LogP contribution in [0.3, 0.4) is 0 Å². The van der Waals surface area contributed by atoms with E-state index in [0.717, 1.165) is 21.7 Å². The van der Waals surface area contributed by atoms with Gasteiger partial charge in [0.2, 0.25) is 5.91 Å². The van der Waals surface area contributed by atoms with Gasteiger partial charge in [-0.15, -0.1) is 0 Å². The van der Waals surface area contributed by atoms with Gasteiger partial charge in [-0.25, -0.2) is 9.40 Å². The molecule has 3 amide bonds. The molecular formula is C25H17FN4O4S. The Kier molecular flexibility index (Phi) is 5.87. The van der Waals surface area contributed by atoms with Crippen LogP contribution < -0.4 is 0 Å². The average molecular weight is 489 g/mol. The Balaban J connectivity index is 1.42. The number of carbonyl (C=O) groups excluding carboxylic acids is 4. The van der Waals surface area contributed by atoms with E-state index in [1.807, 2.05) is 0 Å². The monoisotopic (exact) mass is 488 g/mol. The summed E-state index contributed by atoms with van der Waals surface area (Å²) in [5, 5.41) is 1.82. The molecule has 0 radical (unpaired) electrons. The highest BCUT2D eigenvalue weighted by atomic mass is 32.1. The van der Waals surface area contributed by atoms with Gasteiger partial charge in [0.05, 0.1) is 35.8 Å². The number of aromatic nitrogens is 2. The summed E-state index contributed by atoms with van der Waals surface area (Å²) in [6.45, 7) is -0.207. The number of imide groups is 1. The number of hydrogen-bond acceptors (Lipinski definition) is 7. The minimum absolute atomic E-state index is 0.119. The largest absolute Gasteiger partial charge is 0.294 e. The van der Waals surface area contributed by atoms with Gasteiger partial charge in [0, 0.05) is 12.0 Å². The normalized spacial score (nSPS) is 12.8. The molecule has 0 atom stereocenters. The van der Waals surface area contributed by atoms with Gasteiger partial charge >= 0.3 is 0 Å². The van der Waals surface area contributed by atoms with Crippen molar-refractivity contribution in [2.45, 2.75) is 12.8 Å². The number of nitrogens with zero attached hydrogens (tertiary/aromatic N) is 4. The quantitative estimate of drug-likeness (QED) is 0.291. The van der Waals surface area contributed by atoms with E-state index in [-0.39, 0.29) is 41.9 Å². The number of amides is 3. The van der Waals surface area contributed by atoms with Crippen LogP contribution in [-0.4, -0.2) is 48.8 Å². The zero-order chi connectivity index (χ0) is 24.5. The molecule has 0 saturated heterocycles. The van der Waals surface area contributed by atoms with Crippen molar-refractivity contribution in [3.63, 3.8) is 0 Å². The Labute approximate surface area is 202 Å². The summed E-state index contributed by atoms with van der Waals surface area (Å²) in [4.78, 5) is 52.2. The van der Waals surface area contributed by atoms with E-state index in [4.69, 9.17) is 0 Å². The molecule has 0 spiro atoms. The molecule has 0 saturated carbocycles. The molecule has 0 fully saturated rings. The van der Waals surface area contributed by atoms with Crippen molar-refractivity contribution in [2.75, 3.05) is 6.54 Å². The standard InChI is InChI=1S/C25H17FN4O4S/c26-17-8-6-16(7-9-17)22(31)11-12-29(30-24(33)18-3-1-2-4-19(18)25(30)34)23(32)14-15-5-10-20-21(13-15)28-35-27-20/h1-10,13H,11-12,14H2. The molecule has 5 rings (SSSR count). The summed E-state index contributed by atoms with van der Waals surface area (Å²) < 4.78 is 21.5. The number of Topliss-reactive ketones (excluding diaryl/α,β-unsaturated/α-hetero) is 1. The first kappa shape index (κ1) is 22.5. The van der Waals surface area contributed by atoms with E-state index < -0.39 is 23.5 Å². The lowest BCUT2D eigenvalue weighted by molar-refractivity contribution is -0.140. The van der Waals surface area contributed by atoms with Crippen molar-refractivity contribution in [1.82, 2.24) is 18.8 Å². The van der Waals surface area contributed by atoms with Gasteiger partial charge in [0.25, 0.3) is 11.8 Å². The molecule has 0 aliphatic carbocycles. The fourth-order valence-electron chi connectivity index (χ4n) is 3.92. The van der Waals surface area contributed by atoms with Crippen LogP contribution in [0.1, 0.15) is 43.1 Å². The van der Waals surface area contributed by atoms with Crippen LogP contribution >= 0.6 is 11.7 Å². The van der Waals surface area contributed by atoms with Crippen molar-refractivity contribution in [1.29, 1.82) is 0 Å². The second-order valence-electron chi connectivity index (χ2n) is 7.93. The number of rotatable bonds is 7. The molecule has 4 aromatic rings. The van der Waals surface area contributed by atoms with Crippen LogP contribution in [0.4, 0.5) is 4.39 Å². The van der Waals surface area contributed by atoms with Gasteiger partial charge < -0.3 is 0 Å². The Morgan fingerprint density at radius 2 is 1.54 bits per heavy atom. The summed E-state index contributed by atoms with van der Waals surface area (Å²) >= 11 is 1.06. The number of hydrazine groups is 1. The number of benzene rings is 3. The lowest BCUT2D eigenvalue weighted by Crippen LogP contribution is -2.51. The minimum atomic E-state index is -0.632. The first-order valence-electron chi connectivity index (χ1n) is 10.7. The molecule has 8 nitrogen and oxygen atoms in total. The van der Waals surface area contributed by atoms with Crippen LogP contribution in [0.2, 0.25) is 0 Å². The number of halogens is 1. The van der Waals surface area contributed by atoms with Gasteiger partial charge in [-0.05, 0) is 54.1 Å². The molecule has 0 unspecified atom stereocenters.